The molecule has 0 unspecified atom stereocenters. The maximum Gasteiger partial charge on any atom is 0.631 e. The molecule has 0 atom stereocenters. The molecule has 4 N–H and O–H groups in total. The van der Waals surface area contributed by atoms with Crippen molar-refractivity contribution in [2.45, 2.75) is 77.4 Å². The Balaban J connectivity index is 0.000000796. The van der Waals surface area contributed by atoms with Gasteiger partial charge in [0.1, 0.15) is 0 Å². The molecule has 0 aromatic carbocycles. The zero-order valence-electron chi connectivity index (χ0n) is 13.3. The van der Waals surface area contributed by atoms with Crippen molar-refractivity contribution in [3.8, 4) is 0 Å². The molecule has 1 saturated carbocycles. The first-order valence-corrected chi connectivity index (χ1v) is 7.47. The minimum Gasteiger partial charge on any atom is -0.402 e. The van der Waals surface area contributed by atoms with Crippen molar-refractivity contribution >= 4 is 7.32 Å². The molecule has 1 rings (SSSR count). The second-order valence-electron chi connectivity index (χ2n) is 6.56. The molecule has 0 saturated heterocycles. The summed E-state index contributed by atoms with van der Waals surface area (Å²) in [6, 6.07) is 0. The van der Waals surface area contributed by atoms with Gasteiger partial charge in [0.2, 0.25) is 0 Å². The first-order chi connectivity index (χ1) is 9.06. The molecule has 120 valence electrons. The SMILES string of the molecule is CC(C)(O)C(C)(C)OCCC1CCCCC1.OB(O)O. The van der Waals surface area contributed by atoms with Crippen LogP contribution in [-0.4, -0.2) is 45.3 Å². The van der Waals surface area contributed by atoms with Gasteiger partial charge in [-0.05, 0) is 40.0 Å². The van der Waals surface area contributed by atoms with Crippen LogP contribution in [0, 0.1) is 5.92 Å². The van der Waals surface area contributed by atoms with Crippen LogP contribution in [0.3, 0.4) is 0 Å². The van der Waals surface area contributed by atoms with E-state index in [1.807, 2.05) is 27.7 Å². The minimum absolute atomic E-state index is 0.457. The van der Waals surface area contributed by atoms with Gasteiger partial charge in [-0.2, -0.15) is 0 Å². The smallest absolute Gasteiger partial charge is 0.402 e. The van der Waals surface area contributed by atoms with E-state index in [-0.39, 0.29) is 0 Å². The second kappa shape index (κ2) is 9.00. The largest absolute Gasteiger partial charge is 0.631 e. The first kappa shape index (κ1) is 19.9. The molecule has 0 aliphatic heterocycles. The summed E-state index contributed by atoms with van der Waals surface area (Å²) in [4.78, 5) is 0. The lowest BCUT2D eigenvalue weighted by molar-refractivity contribution is -0.149. The third-order valence-electron chi connectivity index (χ3n) is 4.19. The van der Waals surface area contributed by atoms with Crippen molar-refractivity contribution in [2.75, 3.05) is 6.61 Å². The molecular weight excluding hydrogens is 259 g/mol. The average molecular weight is 290 g/mol. The topological polar surface area (TPSA) is 90.2 Å². The second-order valence-corrected chi connectivity index (χ2v) is 6.56. The van der Waals surface area contributed by atoms with Crippen molar-refractivity contribution in [3.05, 3.63) is 0 Å². The van der Waals surface area contributed by atoms with Gasteiger partial charge in [-0.15, -0.1) is 0 Å². The Morgan fingerprint density at radius 1 is 1.00 bits per heavy atom. The van der Waals surface area contributed by atoms with Gasteiger partial charge in [-0.25, -0.2) is 0 Å². The van der Waals surface area contributed by atoms with Crippen molar-refractivity contribution < 1.29 is 24.9 Å². The normalized spacial score (nSPS) is 17.4. The van der Waals surface area contributed by atoms with Crippen LogP contribution < -0.4 is 0 Å². The Kier molecular flexibility index (Phi) is 8.94. The number of ether oxygens (including phenoxy) is 1. The van der Waals surface area contributed by atoms with Gasteiger partial charge in [-0.1, -0.05) is 32.1 Å². The van der Waals surface area contributed by atoms with Crippen molar-refractivity contribution in [1.29, 1.82) is 0 Å². The average Bonchev–Trinajstić information content (AvgIpc) is 2.28. The molecule has 1 aliphatic rings. The molecular formula is C14H31BO5. The summed E-state index contributed by atoms with van der Waals surface area (Å²) < 4.78 is 5.85. The van der Waals surface area contributed by atoms with Crippen LogP contribution in [0.2, 0.25) is 0 Å². The number of hydrogen-bond donors (Lipinski definition) is 4. The standard InChI is InChI=1S/C14H28O2.BH3O3/c1-13(2,15)14(3,4)16-11-10-12-8-6-5-7-9-12;2-1(3)4/h12,15H,5-11H2,1-4H3;2-4H. The zero-order chi connectivity index (χ0) is 15.8. The van der Waals surface area contributed by atoms with Gasteiger partial charge in [0, 0.05) is 6.61 Å². The molecule has 0 amide bonds. The summed E-state index contributed by atoms with van der Waals surface area (Å²) in [5.74, 6) is 0.853. The van der Waals surface area contributed by atoms with Gasteiger partial charge >= 0.3 is 7.32 Å². The monoisotopic (exact) mass is 290 g/mol. The Hall–Kier alpha value is -0.135. The van der Waals surface area contributed by atoms with Crippen molar-refractivity contribution in [1.82, 2.24) is 0 Å². The van der Waals surface area contributed by atoms with Crippen molar-refractivity contribution in [3.63, 3.8) is 0 Å². The molecule has 1 aliphatic carbocycles. The molecule has 0 aromatic rings. The molecule has 0 heterocycles. The molecule has 0 bridgehead atoms. The van der Waals surface area contributed by atoms with Crippen LogP contribution >= 0.6 is 0 Å². The third kappa shape index (κ3) is 8.92. The van der Waals surface area contributed by atoms with Crippen LogP contribution in [-0.2, 0) is 4.74 Å². The number of aliphatic hydroxyl groups is 1. The summed E-state index contributed by atoms with van der Waals surface area (Å²) in [5, 5.41) is 31.5. The van der Waals surface area contributed by atoms with Gasteiger partial charge < -0.3 is 24.9 Å². The number of hydrogen-bond acceptors (Lipinski definition) is 5. The molecule has 0 radical (unpaired) electrons. The Labute approximate surface area is 123 Å². The Morgan fingerprint density at radius 2 is 1.45 bits per heavy atom. The first-order valence-electron chi connectivity index (χ1n) is 7.47. The third-order valence-corrected chi connectivity index (χ3v) is 4.19. The van der Waals surface area contributed by atoms with Crippen LogP contribution in [0.1, 0.15) is 66.2 Å². The fraction of sp³-hybridized carbons (Fsp3) is 1.00. The van der Waals surface area contributed by atoms with E-state index in [0.29, 0.717) is 0 Å². The summed E-state index contributed by atoms with van der Waals surface area (Å²) in [6.07, 6.45) is 8.07. The van der Waals surface area contributed by atoms with E-state index in [1.54, 1.807) is 0 Å². The van der Waals surface area contributed by atoms with Crippen LogP contribution in [0.4, 0.5) is 0 Å². The summed E-state index contributed by atoms with van der Waals surface area (Å²) in [7, 11) is -2.17. The van der Waals surface area contributed by atoms with Gasteiger partial charge in [0.05, 0.1) is 11.2 Å². The van der Waals surface area contributed by atoms with Crippen LogP contribution in [0.15, 0.2) is 0 Å². The molecule has 1 fully saturated rings. The summed E-state index contributed by atoms with van der Waals surface area (Å²) in [5.41, 5.74) is -1.23. The molecule has 5 nitrogen and oxygen atoms in total. The van der Waals surface area contributed by atoms with Crippen molar-refractivity contribution in [2.24, 2.45) is 5.92 Å². The van der Waals surface area contributed by atoms with Gasteiger partial charge in [-0.3, -0.25) is 0 Å². The minimum atomic E-state index is -2.17. The highest BCUT2D eigenvalue weighted by atomic mass is 16.5. The van der Waals surface area contributed by atoms with Crippen LogP contribution in [0.5, 0.6) is 0 Å². The van der Waals surface area contributed by atoms with E-state index in [2.05, 4.69) is 0 Å². The predicted molar refractivity (Wildman–Crippen MR) is 79.9 cm³/mol. The van der Waals surface area contributed by atoms with E-state index < -0.39 is 18.5 Å². The zero-order valence-corrected chi connectivity index (χ0v) is 13.3. The van der Waals surface area contributed by atoms with Gasteiger partial charge in [0.25, 0.3) is 0 Å². The predicted octanol–water partition coefficient (Wildman–Crippen LogP) is 1.47. The lowest BCUT2D eigenvalue weighted by atomic mass is 9.86. The maximum atomic E-state index is 9.96. The summed E-state index contributed by atoms with van der Waals surface area (Å²) >= 11 is 0. The van der Waals surface area contributed by atoms with E-state index in [1.165, 1.54) is 32.1 Å². The highest BCUT2D eigenvalue weighted by Gasteiger charge is 2.35. The van der Waals surface area contributed by atoms with Crippen LogP contribution in [0.25, 0.3) is 0 Å². The fourth-order valence-electron chi connectivity index (χ4n) is 2.13. The lowest BCUT2D eigenvalue weighted by Gasteiger charge is -2.37. The van der Waals surface area contributed by atoms with E-state index in [0.717, 1.165) is 18.9 Å². The Bertz CT molecular complexity index is 242. The fourth-order valence-corrected chi connectivity index (χ4v) is 2.13. The molecule has 0 aromatic heterocycles. The Morgan fingerprint density at radius 3 is 1.85 bits per heavy atom. The van der Waals surface area contributed by atoms with Gasteiger partial charge in [0.15, 0.2) is 0 Å². The number of rotatable bonds is 5. The highest BCUT2D eigenvalue weighted by molar-refractivity contribution is 6.30. The molecule has 6 heteroatoms. The van der Waals surface area contributed by atoms with E-state index in [9.17, 15) is 5.11 Å². The lowest BCUT2D eigenvalue weighted by Crippen LogP contribution is -2.47. The van der Waals surface area contributed by atoms with E-state index in [4.69, 9.17) is 19.8 Å². The highest BCUT2D eigenvalue weighted by Crippen LogP contribution is 2.29. The maximum absolute atomic E-state index is 9.96. The van der Waals surface area contributed by atoms with E-state index >= 15 is 0 Å². The summed E-state index contributed by atoms with van der Waals surface area (Å²) in [6.45, 7) is 8.34. The molecule has 20 heavy (non-hydrogen) atoms. The molecule has 0 spiro atoms. The quantitative estimate of drug-likeness (QED) is 0.576.